The van der Waals surface area contributed by atoms with Crippen molar-refractivity contribution in [2.24, 2.45) is 0 Å². The maximum Gasteiger partial charge on any atom is 0.0434 e. The standard InChI is InChI=1S/C22H20S/c1-22(2,3)16-13-18(15-9-5-4-6-10-15)21-19(14-16)17-11-7-8-12-20(17)23-21/h4-14H,1-3H3. The van der Waals surface area contributed by atoms with Gasteiger partial charge in [-0.1, -0.05) is 69.3 Å². The summed E-state index contributed by atoms with van der Waals surface area (Å²) in [6.07, 6.45) is 0. The number of hydrogen-bond acceptors (Lipinski definition) is 1. The Labute approximate surface area is 141 Å². The monoisotopic (exact) mass is 316 g/mol. The Kier molecular flexibility index (Phi) is 3.28. The van der Waals surface area contributed by atoms with Crippen molar-refractivity contribution >= 4 is 31.5 Å². The average molecular weight is 316 g/mol. The molecule has 1 aromatic heterocycles. The van der Waals surface area contributed by atoms with E-state index in [-0.39, 0.29) is 5.41 Å². The van der Waals surface area contributed by atoms with Gasteiger partial charge in [-0.2, -0.15) is 0 Å². The van der Waals surface area contributed by atoms with Gasteiger partial charge >= 0.3 is 0 Å². The summed E-state index contributed by atoms with van der Waals surface area (Å²) in [5, 5.41) is 2.76. The zero-order valence-corrected chi connectivity index (χ0v) is 14.6. The molecule has 0 aliphatic heterocycles. The van der Waals surface area contributed by atoms with Crippen molar-refractivity contribution in [1.29, 1.82) is 0 Å². The van der Waals surface area contributed by atoms with E-state index >= 15 is 0 Å². The first kappa shape index (κ1) is 14.5. The minimum atomic E-state index is 0.140. The van der Waals surface area contributed by atoms with Crippen LogP contribution < -0.4 is 0 Å². The van der Waals surface area contributed by atoms with Crippen LogP contribution in [0.1, 0.15) is 26.3 Å². The highest BCUT2D eigenvalue weighted by molar-refractivity contribution is 7.26. The second-order valence-electron chi connectivity index (χ2n) is 7.11. The first-order chi connectivity index (χ1) is 11.0. The molecule has 0 saturated carbocycles. The molecule has 1 heterocycles. The van der Waals surface area contributed by atoms with Gasteiger partial charge in [0, 0.05) is 20.2 Å². The van der Waals surface area contributed by atoms with Crippen LogP contribution in [0.2, 0.25) is 0 Å². The van der Waals surface area contributed by atoms with Gasteiger partial charge in [0.2, 0.25) is 0 Å². The highest BCUT2D eigenvalue weighted by Crippen LogP contribution is 2.42. The summed E-state index contributed by atoms with van der Waals surface area (Å²) in [6.45, 7) is 6.87. The van der Waals surface area contributed by atoms with Crippen molar-refractivity contribution in [3.8, 4) is 11.1 Å². The molecule has 0 nitrogen and oxygen atoms in total. The molecule has 23 heavy (non-hydrogen) atoms. The topological polar surface area (TPSA) is 0 Å². The summed E-state index contributed by atoms with van der Waals surface area (Å²) >= 11 is 1.90. The van der Waals surface area contributed by atoms with E-state index in [1.165, 1.54) is 36.9 Å². The quantitative estimate of drug-likeness (QED) is 0.354. The van der Waals surface area contributed by atoms with Crippen molar-refractivity contribution in [3.63, 3.8) is 0 Å². The van der Waals surface area contributed by atoms with Gasteiger partial charge in [0.1, 0.15) is 0 Å². The fraction of sp³-hybridized carbons (Fsp3) is 0.182. The third-order valence-electron chi connectivity index (χ3n) is 4.43. The van der Waals surface area contributed by atoms with Crippen molar-refractivity contribution in [1.82, 2.24) is 0 Å². The molecule has 0 spiro atoms. The first-order valence-electron chi connectivity index (χ1n) is 8.05. The summed E-state index contributed by atoms with van der Waals surface area (Å²) in [4.78, 5) is 0. The molecule has 0 aliphatic carbocycles. The van der Waals surface area contributed by atoms with Crippen LogP contribution >= 0.6 is 11.3 Å². The predicted molar refractivity (Wildman–Crippen MR) is 103 cm³/mol. The van der Waals surface area contributed by atoms with E-state index in [4.69, 9.17) is 0 Å². The molecular weight excluding hydrogens is 296 g/mol. The molecule has 114 valence electrons. The maximum atomic E-state index is 2.39. The molecule has 0 N–H and O–H groups in total. The zero-order chi connectivity index (χ0) is 16.0. The fourth-order valence-electron chi connectivity index (χ4n) is 3.09. The van der Waals surface area contributed by atoms with E-state index in [1.54, 1.807) is 0 Å². The lowest BCUT2D eigenvalue weighted by atomic mass is 9.84. The van der Waals surface area contributed by atoms with Crippen molar-refractivity contribution in [2.75, 3.05) is 0 Å². The van der Waals surface area contributed by atoms with Gasteiger partial charge in [-0.25, -0.2) is 0 Å². The smallest absolute Gasteiger partial charge is 0.0434 e. The molecule has 0 atom stereocenters. The molecule has 0 saturated heterocycles. The minimum absolute atomic E-state index is 0.140. The summed E-state index contributed by atoms with van der Waals surface area (Å²) < 4.78 is 2.76. The molecule has 0 amide bonds. The van der Waals surface area contributed by atoms with Gasteiger partial charge in [-0.3, -0.25) is 0 Å². The third-order valence-corrected chi connectivity index (χ3v) is 5.65. The largest absolute Gasteiger partial charge is 0.135 e. The summed E-state index contributed by atoms with van der Waals surface area (Å²) in [5.41, 5.74) is 4.19. The zero-order valence-electron chi connectivity index (χ0n) is 13.8. The number of hydrogen-bond donors (Lipinski definition) is 0. The van der Waals surface area contributed by atoms with E-state index in [0.717, 1.165) is 0 Å². The number of thiophene rings is 1. The lowest BCUT2D eigenvalue weighted by Crippen LogP contribution is -2.10. The second kappa shape index (κ2) is 5.21. The van der Waals surface area contributed by atoms with Crippen LogP contribution in [0.3, 0.4) is 0 Å². The van der Waals surface area contributed by atoms with Crippen molar-refractivity contribution < 1.29 is 0 Å². The van der Waals surface area contributed by atoms with Crippen LogP contribution in [0.25, 0.3) is 31.3 Å². The van der Waals surface area contributed by atoms with Crippen LogP contribution in [-0.4, -0.2) is 0 Å². The molecule has 0 radical (unpaired) electrons. The Morgan fingerprint density at radius 3 is 2.17 bits per heavy atom. The Morgan fingerprint density at radius 1 is 0.739 bits per heavy atom. The van der Waals surface area contributed by atoms with Gasteiger partial charge in [0.15, 0.2) is 0 Å². The first-order valence-corrected chi connectivity index (χ1v) is 8.87. The molecule has 0 fully saturated rings. The number of fused-ring (bicyclic) bond motifs is 3. The van der Waals surface area contributed by atoms with E-state index < -0.39 is 0 Å². The van der Waals surface area contributed by atoms with Crippen molar-refractivity contribution in [2.45, 2.75) is 26.2 Å². The summed E-state index contributed by atoms with van der Waals surface area (Å²) in [5.74, 6) is 0. The molecule has 0 aliphatic rings. The number of benzene rings is 3. The second-order valence-corrected chi connectivity index (χ2v) is 8.17. The average Bonchev–Trinajstić information content (AvgIpc) is 2.92. The van der Waals surface area contributed by atoms with E-state index in [1.807, 2.05) is 11.3 Å². The van der Waals surface area contributed by atoms with Gasteiger partial charge in [0.25, 0.3) is 0 Å². The normalized spacial score (nSPS) is 12.1. The van der Waals surface area contributed by atoms with Crippen LogP contribution in [0.15, 0.2) is 66.7 Å². The molecule has 0 bridgehead atoms. The summed E-state index contributed by atoms with van der Waals surface area (Å²) in [6, 6.07) is 24.3. The van der Waals surface area contributed by atoms with E-state index in [2.05, 4.69) is 87.5 Å². The van der Waals surface area contributed by atoms with E-state index in [0.29, 0.717) is 0 Å². The van der Waals surface area contributed by atoms with Gasteiger partial charge in [0.05, 0.1) is 0 Å². The molecule has 1 heteroatoms. The lowest BCUT2D eigenvalue weighted by molar-refractivity contribution is 0.591. The van der Waals surface area contributed by atoms with Crippen LogP contribution in [0.4, 0.5) is 0 Å². The Balaban J connectivity index is 2.15. The lowest BCUT2D eigenvalue weighted by Gasteiger charge is -2.21. The minimum Gasteiger partial charge on any atom is -0.135 e. The molecular formula is C22H20S. The van der Waals surface area contributed by atoms with E-state index in [9.17, 15) is 0 Å². The highest BCUT2D eigenvalue weighted by atomic mass is 32.1. The van der Waals surface area contributed by atoms with Gasteiger partial charge in [-0.15, -0.1) is 11.3 Å². The van der Waals surface area contributed by atoms with Crippen LogP contribution in [0.5, 0.6) is 0 Å². The molecule has 3 aromatic carbocycles. The van der Waals surface area contributed by atoms with Gasteiger partial charge in [-0.05, 0) is 40.3 Å². The van der Waals surface area contributed by atoms with Crippen LogP contribution in [0, 0.1) is 0 Å². The summed E-state index contributed by atoms with van der Waals surface area (Å²) in [7, 11) is 0. The predicted octanol–water partition coefficient (Wildman–Crippen LogP) is 7.02. The Morgan fingerprint density at radius 2 is 1.43 bits per heavy atom. The van der Waals surface area contributed by atoms with Gasteiger partial charge < -0.3 is 0 Å². The third kappa shape index (κ3) is 2.46. The molecule has 4 aromatic rings. The Bertz CT molecular complexity index is 985. The number of rotatable bonds is 1. The van der Waals surface area contributed by atoms with Crippen LogP contribution in [-0.2, 0) is 5.41 Å². The Hall–Kier alpha value is -2.12. The fourth-order valence-corrected chi connectivity index (χ4v) is 4.31. The highest BCUT2D eigenvalue weighted by Gasteiger charge is 2.19. The SMILES string of the molecule is CC(C)(C)c1cc(-c2ccccc2)c2sc3ccccc3c2c1. The molecule has 0 unspecified atom stereocenters. The van der Waals surface area contributed by atoms with Crippen molar-refractivity contribution in [3.05, 3.63) is 72.3 Å². The maximum absolute atomic E-state index is 2.39. The molecule has 4 rings (SSSR count).